The summed E-state index contributed by atoms with van der Waals surface area (Å²) in [5.41, 5.74) is 0. The van der Waals surface area contributed by atoms with Gasteiger partial charge in [-0.25, -0.2) is 8.42 Å². The molecule has 2 N–H and O–H groups in total. The van der Waals surface area contributed by atoms with E-state index in [1.165, 1.54) is 25.5 Å². The van der Waals surface area contributed by atoms with Crippen molar-refractivity contribution < 1.29 is 12.8 Å². The van der Waals surface area contributed by atoms with Crippen molar-refractivity contribution in [1.29, 1.82) is 0 Å². The Kier molecular flexibility index (Phi) is 7.40. The summed E-state index contributed by atoms with van der Waals surface area (Å²) in [6, 6.07) is 4.24. The summed E-state index contributed by atoms with van der Waals surface area (Å²) in [4.78, 5) is 4.77. The fraction of sp³-hybridized carbons (Fsp3) is 0.750. The Morgan fingerprint density at radius 3 is 2.82 bits per heavy atom. The lowest BCUT2D eigenvalue weighted by Gasteiger charge is -2.31. The van der Waals surface area contributed by atoms with Crippen molar-refractivity contribution in [2.75, 3.05) is 25.9 Å². The highest BCUT2D eigenvalue weighted by Gasteiger charge is 2.31. The minimum Gasteiger partial charge on any atom is -0.469 e. The van der Waals surface area contributed by atoms with Gasteiger partial charge >= 0.3 is 0 Å². The number of guanidine groups is 1. The van der Waals surface area contributed by atoms with Crippen LogP contribution in [0.3, 0.4) is 0 Å². The lowest BCUT2D eigenvalue weighted by molar-refractivity contribution is 0.306. The molecule has 28 heavy (non-hydrogen) atoms. The maximum Gasteiger partial charge on any atom is 0.211 e. The van der Waals surface area contributed by atoms with E-state index >= 15 is 0 Å². The standard InChI is InChI=1S/C20H34N4O3S/c1-16-7-3-4-10-19(16)23-20(21-12-11-18-9-6-14-27-18)22-15-17-8-5-13-24(17)28(2,25)26/h6,9,14,16-17,19H,3-5,7-8,10-13,15H2,1-2H3,(H2,21,22,23)/t16?,17-,19?/m1/s1. The van der Waals surface area contributed by atoms with Gasteiger partial charge in [0.1, 0.15) is 5.76 Å². The lowest BCUT2D eigenvalue weighted by Crippen LogP contribution is -2.48. The zero-order valence-electron chi connectivity index (χ0n) is 17.1. The Bertz CT molecular complexity index is 733. The molecule has 0 amide bonds. The molecule has 0 bridgehead atoms. The summed E-state index contributed by atoms with van der Waals surface area (Å²) < 4.78 is 31.0. The normalized spacial score (nSPS) is 27.1. The van der Waals surface area contributed by atoms with Crippen LogP contribution >= 0.6 is 0 Å². The van der Waals surface area contributed by atoms with Crippen LogP contribution in [0.4, 0.5) is 0 Å². The molecule has 1 aromatic rings. The topological polar surface area (TPSA) is 86.9 Å². The van der Waals surface area contributed by atoms with E-state index in [2.05, 4.69) is 17.6 Å². The number of hydrogen-bond donors (Lipinski definition) is 2. The quantitative estimate of drug-likeness (QED) is 0.532. The van der Waals surface area contributed by atoms with Gasteiger partial charge in [-0.1, -0.05) is 19.8 Å². The van der Waals surface area contributed by atoms with E-state index < -0.39 is 10.0 Å². The summed E-state index contributed by atoms with van der Waals surface area (Å²) in [5.74, 6) is 2.34. The highest BCUT2D eigenvalue weighted by atomic mass is 32.2. The van der Waals surface area contributed by atoms with Crippen molar-refractivity contribution in [3.8, 4) is 0 Å². The van der Waals surface area contributed by atoms with E-state index in [0.29, 0.717) is 25.0 Å². The van der Waals surface area contributed by atoms with Gasteiger partial charge in [0.25, 0.3) is 0 Å². The molecule has 158 valence electrons. The SMILES string of the molecule is CC1CCCCC1NC(=NC[C@H]1CCCN1S(C)(=O)=O)NCCc1ccco1. The van der Waals surface area contributed by atoms with Crippen LogP contribution in [0, 0.1) is 5.92 Å². The van der Waals surface area contributed by atoms with Crippen LogP contribution in [0.2, 0.25) is 0 Å². The molecule has 3 rings (SSSR count). The first-order valence-corrected chi connectivity index (χ1v) is 12.3. The van der Waals surface area contributed by atoms with Gasteiger partial charge in [0, 0.05) is 31.6 Å². The van der Waals surface area contributed by atoms with Crippen molar-refractivity contribution >= 4 is 16.0 Å². The Morgan fingerprint density at radius 2 is 2.11 bits per heavy atom. The molecule has 2 fully saturated rings. The number of nitrogens with one attached hydrogen (secondary N) is 2. The molecule has 2 aliphatic rings. The summed E-state index contributed by atoms with van der Waals surface area (Å²) in [6.07, 6.45) is 10.5. The van der Waals surface area contributed by atoms with Gasteiger partial charge in [0.15, 0.2) is 5.96 Å². The molecule has 8 heteroatoms. The highest BCUT2D eigenvalue weighted by Crippen LogP contribution is 2.24. The van der Waals surface area contributed by atoms with Crippen molar-refractivity contribution in [3.63, 3.8) is 0 Å². The summed E-state index contributed by atoms with van der Waals surface area (Å²) in [5, 5.41) is 7.02. The first-order valence-electron chi connectivity index (χ1n) is 10.5. The van der Waals surface area contributed by atoms with E-state index in [1.807, 2.05) is 12.1 Å². The first-order chi connectivity index (χ1) is 13.4. The van der Waals surface area contributed by atoms with Crippen LogP contribution in [0.5, 0.6) is 0 Å². The summed E-state index contributed by atoms with van der Waals surface area (Å²) in [7, 11) is -3.17. The second-order valence-corrected chi connectivity index (χ2v) is 10.1. The molecule has 0 aromatic carbocycles. The predicted molar refractivity (Wildman–Crippen MR) is 112 cm³/mol. The fourth-order valence-corrected chi connectivity index (χ4v) is 5.42. The van der Waals surface area contributed by atoms with Crippen LogP contribution in [0.25, 0.3) is 0 Å². The Morgan fingerprint density at radius 1 is 1.29 bits per heavy atom. The van der Waals surface area contributed by atoms with E-state index in [1.54, 1.807) is 10.6 Å². The van der Waals surface area contributed by atoms with Crippen LogP contribution in [0.15, 0.2) is 27.8 Å². The van der Waals surface area contributed by atoms with Crippen molar-refractivity contribution in [2.24, 2.45) is 10.9 Å². The third-order valence-electron chi connectivity index (χ3n) is 5.89. The van der Waals surface area contributed by atoms with Gasteiger partial charge < -0.3 is 15.1 Å². The number of nitrogens with zero attached hydrogens (tertiary/aromatic N) is 2. The molecule has 1 saturated carbocycles. The number of rotatable bonds is 7. The molecule has 1 saturated heterocycles. The van der Waals surface area contributed by atoms with Crippen LogP contribution < -0.4 is 10.6 Å². The number of hydrogen-bond acceptors (Lipinski definition) is 4. The molecule has 2 unspecified atom stereocenters. The molecule has 1 aliphatic carbocycles. The minimum atomic E-state index is -3.17. The molecular formula is C20H34N4O3S. The van der Waals surface area contributed by atoms with Crippen LogP contribution in [-0.4, -0.2) is 56.7 Å². The highest BCUT2D eigenvalue weighted by molar-refractivity contribution is 7.88. The Hall–Kier alpha value is -1.54. The van der Waals surface area contributed by atoms with E-state index in [9.17, 15) is 8.42 Å². The molecule has 2 heterocycles. The molecule has 3 atom stereocenters. The first kappa shape index (κ1) is 21.2. The predicted octanol–water partition coefficient (Wildman–Crippen LogP) is 2.36. The largest absolute Gasteiger partial charge is 0.469 e. The van der Waals surface area contributed by atoms with Gasteiger partial charge in [-0.2, -0.15) is 4.31 Å². The zero-order valence-corrected chi connectivity index (χ0v) is 17.9. The van der Waals surface area contributed by atoms with Gasteiger partial charge in [0.05, 0.1) is 19.1 Å². The van der Waals surface area contributed by atoms with E-state index in [-0.39, 0.29) is 6.04 Å². The van der Waals surface area contributed by atoms with Crippen LogP contribution in [-0.2, 0) is 16.4 Å². The molecule has 1 aromatic heterocycles. The molecule has 0 spiro atoms. The average molecular weight is 411 g/mol. The number of sulfonamides is 1. The van der Waals surface area contributed by atoms with Gasteiger partial charge in [-0.05, 0) is 43.7 Å². The summed E-state index contributed by atoms with van der Waals surface area (Å²) in [6.45, 7) is 4.11. The third kappa shape index (κ3) is 5.98. The maximum atomic E-state index is 12.0. The van der Waals surface area contributed by atoms with Crippen molar-refractivity contribution in [3.05, 3.63) is 24.2 Å². The van der Waals surface area contributed by atoms with Gasteiger partial charge in [-0.15, -0.1) is 0 Å². The van der Waals surface area contributed by atoms with Crippen molar-refractivity contribution in [1.82, 2.24) is 14.9 Å². The van der Waals surface area contributed by atoms with E-state index in [0.717, 1.165) is 43.9 Å². The second kappa shape index (κ2) is 9.78. The van der Waals surface area contributed by atoms with Gasteiger partial charge in [-0.3, -0.25) is 4.99 Å². The molecule has 1 aliphatic heterocycles. The maximum absolute atomic E-state index is 12.0. The minimum absolute atomic E-state index is 0.0394. The van der Waals surface area contributed by atoms with Crippen LogP contribution in [0.1, 0.15) is 51.2 Å². The lowest BCUT2D eigenvalue weighted by atomic mass is 9.86. The van der Waals surface area contributed by atoms with Crippen molar-refractivity contribution in [2.45, 2.75) is 64.0 Å². The van der Waals surface area contributed by atoms with Gasteiger partial charge in [0.2, 0.25) is 10.0 Å². The molecule has 7 nitrogen and oxygen atoms in total. The number of aliphatic imine (C=N–C) groups is 1. The smallest absolute Gasteiger partial charge is 0.211 e. The zero-order chi connectivity index (χ0) is 20.0. The average Bonchev–Trinajstić information content (AvgIpc) is 3.32. The van der Waals surface area contributed by atoms with E-state index in [4.69, 9.17) is 9.41 Å². The number of furan rings is 1. The summed E-state index contributed by atoms with van der Waals surface area (Å²) >= 11 is 0. The third-order valence-corrected chi connectivity index (χ3v) is 7.22. The second-order valence-electron chi connectivity index (χ2n) is 8.13. The fourth-order valence-electron chi connectivity index (χ4n) is 4.24. The monoisotopic (exact) mass is 410 g/mol. The molecular weight excluding hydrogens is 376 g/mol. The Labute approximate surface area is 169 Å². The molecule has 0 radical (unpaired) electrons. The Balaban J connectivity index is 1.62.